The van der Waals surface area contributed by atoms with E-state index in [1.807, 2.05) is 0 Å². The molecule has 0 saturated carbocycles. The summed E-state index contributed by atoms with van der Waals surface area (Å²) in [6, 6.07) is 6.08. The van der Waals surface area contributed by atoms with Crippen molar-refractivity contribution in [3.05, 3.63) is 34.8 Å². The van der Waals surface area contributed by atoms with E-state index in [4.69, 9.17) is 0 Å². The molecule has 6 nitrogen and oxygen atoms in total. The zero-order valence-electron chi connectivity index (χ0n) is 10.2. The van der Waals surface area contributed by atoms with Gasteiger partial charge in [0.2, 0.25) is 0 Å². The fourth-order valence-electron chi connectivity index (χ4n) is 1.43. The molecule has 1 N–H and O–H groups in total. The van der Waals surface area contributed by atoms with E-state index in [-0.39, 0.29) is 10.8 Å². The maximum atomic E-state index is 11.9. The third-order valence-electron chi connectivity index (χ3n) is 2.38. The number of hydrogen-bond acceptors (Lipinski definition) is 6. The summed E-state index contributed by atoms with van der Waals surface area (Å²) >= 11 is 0.995. The Bertz CT molecular complexity index is 722. The van der Waals surface area contributed by atoms with Crippen LogP contribution < -0.4 is 5.32 Å². The Morgan fingerprint density at radius 2 is 2.11 bits per heavy atom. The van der Waals surface area contributed by atoms with Crippen LogP contribution in [0.3, 0.4) is 0 Å². The minimum atomic E-state index is -3.30. The summed E-state index contributed by atoms with van der Waals surface area (Å²) in [6.45, 7) is 1.69. The highest BCUT2D eigenvalue weighted by molar-refractivity contribution is 7.90. The number of nitrogens with one attached hydrogen (secondary N) is 1. The van der Waals surface area contributed by atoms with Crippen molar-refractivity contribution in [2.24, 2.45) is 0 Å². The van der Waals surface area contributed by atoms with E-state index in [0.29, 0.717) is 16.3 Å². The summed E-state index contributed by atoms with van der Waals surface area (Å²) < 4.78 is 26.5. The van der Waals surface area contributed by atoms with E-state index in [2.05, 4.69) is 14.9 Å². The van der Waals surface area contributed by atoms with Gasteiger partial charge in [-0.2, -0.15) is 0 Å². The molecule has 0 unspecified atom stereocenters. The van der Waals surface area contributed by atoms with Gasteiger partial charge in [0.1, 0.15) is 4.88 Å². The number of benzene rings is 1. The van der Waals surface area contributed by atoms with Crippen molar-refractivity contribution in [1.82, 2.24) is 9.59 Å². The lowest BCUT2D eigenvalue weighted by Crippen LogP contribution is -2.12. The molecular formula is C11H11N3O3S2. The number of aryl methyl sites for hydroxylation is 1. The number of amides is 1. The van der Waals surface area contributed by atoms with Gasteiger partial charge in [-0.3, -0.25) is 4.79 Å². The summed E-state index contributed by atoms with van der Waals surface area (Å²) in [4.78, 5) is 12.5. The number of rotatable bonds is 3. The minimum absolute atomic E-state index is 0.157. The second-order valence-electron chi connectivity index (χ2n) is 3.94. The fourth-order valence-corrected chi connectivity index (χ4v) is 2.65. The van der Waals surface area contributed by atoms with Crippen LogP contribution in [-0.4, -0.2) is 30.2 Å². The molecule has 0 aliphatic carbocycles. The number of aromatic nitrogens is 2. The van der Waals surface area contributed by atoms with Crippen LogP contribution in [0.1, 0.15) is 15.4 Å². The van der Waals surface area contributed by atoms with E-state index in [0.717, 1.165) is 17.8 Å². The first-order valence-corrected chi connectivity index (χ1v) is 7.95. The Morgan fingerprint density at radius 3 is 2.68 bits per heavy atom. The van der Waals surface area contributed by atoms with E-state index in [9.17, 15) is 13.2 Å². The zero-order chi connectivity index (χ0) is 14.0. The summed E-state index contributed by atoms with van der Waals surface area (Å²) in [5.41, 5.74) is 0.961. The summed E-state index contributed by atoms with van der Waals surface area (Å²) in [6.07, 6.45) is 1.12. The van der Waals surface area contributed by atoms with Crippen molar-refractivity contribution in [2.75, 3.05) is 11.6 Å². The zero-order valence-corrected chi connectivity index (χ0v) is 11.9. The van der Waals surface area contributed by atoms with Crippen molar-refractivity contribution < 1.29 is 13.2 Å². The Kier molecular flexibility index (Phi) is 3.63. The largest absolute Gasteiger partial charge is 0.321 e. The summed E-state index contributed by atoms with van der Waals surface area (Å²) in [7, 11) is -3.30. The Hall–Kier alpha value is -1.80. The Morgan fingerprint density at radius 1 is 1.37 bits per heavy atom. The van der Waals surface area contributed by atoms with Gasteiger partial charge < -0.3 is 5.32 Å². The van der Waals surface area contributed by atoms with E-state index >= 15 is 0 Å². The molecule has 1 amide bonds. The average Bonchev–Trinajstić information content (AvgIpc) is 2.75. The van der Waals surface area contributed by atoms with Crippen LogP contribution in [0.25, 0.3) is 0 Å². The molecule has 0 atom stereocenters. The molecule has 2 aromatic rings. The topological polar surface area (TPSA) is 89.0 Å². The first-order valence-electron chi connectivity index (χ1n) is 5.28. The van der Waals surface area contributed by atoms with Crippen LogP contribution in [-0.2, 0) is 9.84 Å². The van der Waals surface area contributed by atoms with Crippen LogP contribution in [0.15, 0.2) is 29.2 Å². The van der Waals surface area contributed by atoms with Gasteiger partial charge in [0.25, 0.3) is 5.91 Å². The molecule has 0 aliphatic rings. The summed E-state index contributed by atoms with van der Waals surface area (Å²) in [5, 5.41) is 6.37. The molecule has 8 heteroatoms. The molecule has 19 heavy (non-hydrogen) atoms. The van der Waals surface area contributed by atoms with Gasteiger partial charge in [-0.25, -0.2) is 8.42 Å². The number of hydrogen-bond donors (Lipinski definition) is 1. The van der Waals surface area contributed by atoms with Crippen molar-refractivity contribution >= 4 is 33.0 Å². The van der Waals surface area contributed by atoms with Crippen LogP contribution in [0.4, 0.5) is 5.69 Å². The summed E-state index contributed by atoms with van der Waals surface area (Å²) in [5.74, 6) is -0.349. The number of nitrogens with zero attached hydrogens (tertiary/aromatic N) is 2. The predicted molar refractivity (Wildman–Crippen MR) is 72.2 cm³/mol. The minimum Gasteiger partial charge on any atom is -0.321 e. The van der Waals surface area contributed by atoms with Crippen molar-refractivity contribution in [2.45, 2.75) is 11.8 Å². The average molecular weight is 297 g/mol. The normalized spacial score (nSPS) is 11.3. The van der Waals surface area contributed by atoms with E-state index in [1.165, 1.54) is 12.1 Å². The fraction of sp³-hybridized carbons (Fsp3) is 0.182. The molecule has 0 aliphatic heterocycles. The van der Waals surface area contributed by atoms with Gasteiger partial charge >= 0.3 is 0 Å². The van der Waals surface area contributed by atoms with Crippen LogP contribution in [0, 0.1) is 6.92 Å². The third-order valence-corrected chi connectivity index (χ3v) is 4.31. The van der Waals surface area contributed by atoms with Gasteiger partial charge in [0.15, 0.2) is 9.84 Å². The molecule has 0 spiro atoms. The third kappa shape index (κ3) is 3.15. The monoisotopic (exact) mass is 297 g/mol. The second kappa shape index (κ2) is 5.06. The van der Waals surface area contributed by atoms with Crippen molar-refractivity contribution in [3.8, 4) is 0 Å². The molecule has 1 heterocycles. The predicted octanol–water partition coefficient (Wildman–Crippen LogP) is 1.50. The maximum absolute atomic E-state index is 11.9. The number of sulfone groups is 1. The molecule has 2 rings (SSSR count). The molecular weight excluding hydrogens is 286 g/mol. The molecule has 0 radical (unpaired) electrons. The first-order chi connectivity index (χ1) is 8.88. The van der Waals surface area contributed by atoms with Gasteiger partial charge in [0.05, 0.1) is 10.6 Å². The lowest BCUT2D eigenvalue weighted by atomic mass is 10.3. The Balaban J connectivity index is 2.25. The Labute approximate surface area is 114 Å². The molecule has 0 fully saturated rings. The second-order valence-corrected chi connectivity index (χ2v) is 6.71. The SMILES string of the molecule is Cc1nnsc1C(=O)Nc1cccc(S(C)(=O)=O)c1. The lowest BCUT2D eigenvalue weighted by molar-refractivity contribution is 0.103. The van der Waals surface area contributed by atoms with E-state index in [1.54, 1.807) is 19.1 Å². The molecule has 1 aromatic heterocycles. The smallest absolute Gasteiger partial charge is 0.269 e. The van der Waals surface area contributed by atoms with Gasteiger partial charge in [-0.15, -0.1) is 5.10 Å². The van der Waals surface area contributed by atoms with Crippen LogP contribution >= 0.6 is 11.5 Å². The van der Waals surface area contributed by atoms with E-state index < -0.39 is 9.84 Å². The number of carbonyl (C=O) groups excluding carboxylic acids is 1. The molecule has 100 valence electrons. The van der Waals surface area contributed by atoms with Crippen molar-refractivity contribution in [3.63, 3.8) is 0 Å². The maximum Gasteiger partial charge on any atom is 0.269 e. The van der Waals surface area contributed by atoms with Crippen LogP contribution in [0.2, 0.25) is 0 Å². The number of anilines is 1. The van der Waals surface area contributed by atoms with Gasteiger partial charge in [0, 0.05) is 11.9 Å². The first kappa shape index (κ1) is 13.6. The van der Waals surface area contributed by atoms with Gasteiger partial charge in [-0.05, 0) is 36.7 Å². The van der Waals surface area contributed by atoms with Crippen LogP contribution in [0.5, 0.6) is 0 Å². The lowest BCUT2D eigenvalue weighted by Gasteiger charge is -2.05. The highest BCUT2D eigenvalue weighted by Gasteiger charge is 2.14. The highest BCUT2D eigenvalue weighted by atomic mass is 32.2. The quantitative estimate of drug-likeness (QED) is 0.927. The van der Waals surface area contributed by atoms with Crippen molar-refractivity contribution in [1.29, 1.82) is 0 Å². The highest BCUT2D eigenvalue weighted by Crippen LogP contribution is 2.17. The molecule has 1 aromatic carbocycles. The number of carbonyl (C=O) groups is 1. The van der Waals surface area contributed by atoms with Gasteiger partial charge in [-0.1, -0.05) is 10.6 Å². The standard InChI is InChI=1S/C11H11N3O3S2/c1-7-10(18-14-13-7)11(15)12-8-4-3-5-9(6-8)19(2,16)17/h3-6H,1-2H3,(H,12,15). The molecule has 0 saturated heterocycles. The molecule has 0 bridgehead atoms.